The lowest BCUT2D eigenvalue weighted by Gasteiger charge is -2.30. The van der Waals surface area contributed by atoms with Crippen LogP contribution in [0.1, 0.15) is 35.7 Å². The number of fused-ring (bicyclic) bond motifs is 2. The quantitative estimate of drug-likeness (QED) is 0.627. The fourth-order valence-corrected chi connectivity index (χ4v) is 4.22. The van der Waals surface area contributed by atoms with Gasteiger partial charge in [0.25, 0.3) is 5.91 Å². The Bertz CT molecular complexity index is 1210. The maximum Gasteiger partial charge on any atom is 0.350 e. The number of hydrogen-bond donors (Lipinski definition) is 0. The SMILES string of the molecule is CCn1nc2cc(N3CCCc4cc(C(=O)N5CC=CCC5)cnc43)ccn2c1=O. The van der Waals surface area contributed by atoms with Crippen LogP contribution in [-0.4, -0.2) is 49.6 Å². The summed E-state index contributed by atoms with van der Waals surface area (Å²) >= 11 is 0. The summed E-state index contributed by atoms with van der Waals surface area (Å²) in [5.74, 6) is 0.913. The van der Waals surface area contributed by atoms with Crippen LogP contribution in [0, 0.1) is 0 Å². The highest BCUT2D eigenvalue weighted by molar-refractivity contribution is 5.94. The molecule has 0 radical (unpaired) electrons. The number of anilines is 2. The van der Waals surface area contributed by atoms with Gasteiger partial charge in [-0.3, -0.25) is 9.20 Å². The van der Waals surface area contributed by atoms with Crippen LogP contribution < -0.4 is 10.6 Å². The molecule has 3 aromatic heterocycles. The van der Waals surface area contributed by atoms with E-state index in [-0.39, 0.29) is 11.6 Å². The summed E-state index contributed by atoms with van der Waals surface area (Å²) < 4.78 is 3.01. The summed E-state index contributed by atoms with van der Waals surface area (Å²) in [7, 11) is 0. The molecule has 5 rings (SSSR count). The molecule has 0 saturated heterocycles. The fourth-order valence-electron chi connectivity index (χ4n) is 4.22. The van der Waals surface area contributed by atoms with Crippen LogP contribution in [0.4, 0.5) is 11.5 Å². The first-order chi connectivity index (χ1) is 14.7. The van der Waals surface area contributed by atoms with E-state index in [2.05, 4.69) is 21.1 Å². The van der Waals surface area contributed by atoms with Gasteiger partial charge < -0.3 is 9.80 Å². The number of carbonyl (C=O) groups excluding carboxylic acids is 1. The third-order valence-corrected chi connectivity index (χ3v) is 5.80. The van der Waals surface area contributed by atoms with Gasteiger partial charge >= 0.3 is 5.69 Å². The van der Waals surface area contributed by atoms with Gasteiger partial charge in [0.05, 0.1) is 5.56 Å². The number of carbonyl (C=O) groups is 1. The van der Waals surface area contributed by atoms with E-state index in [1.54, 1.807) is 16.8 Å². The first-order valence-corrected chi connectivity index (χ1v) is 10.5. The summed E-state index contributed by atoms with van der Waals surface area (Å²) in [5, 5.41) is 4.40. The molecular weight excluding hydrogens is 380 g/mol. The van der Waals surface area contributed by atoms with E-state index in [4.69, 9.17) is 0 Å². The van der Waals surface area contributed by atoms with Crippen molar-refractivity contribution >= 4 is 23.1 Å². The second kappa shape index (κ2) is 7.44. The van der Waals surface area contributed by atoms with Crippen LogP contribution in [0.5, 0.6) is 0 Å². The van der Waals surface area contributed by atoms with Gasteiger partial charge in [0.1, 0.15) is 5.82 Å². The Balaban J connectivity index is 1.48. The number of aryl methyl sites for hydroxylation is 2. The number of hydrogen-bond acceptors (Lipinski definition) is 5. The maximum absolute atomic E-state index is 12.8. The van der Waals surface area contributed by atoms with Gasteiger partial charge in [0.15, 0.2) is 5.65 Å². The molecule has 0 aliphatic carbocycles. The number of aromatic nitrogens is 4. The second-order valence-electron chi connectivity index (χ2n) is 7.68. The van der Waals surface area contributed by atoms with Crippen molar-refractivity contribution in [1.82, 2.24) is 24.1 Å². The zero-order valence-corrected chi connectivity index (χ0v) is 17.0. The van der Waals surface area contributed by atoms with E-state index in [0.717, 1.165) is 49.4 Å². The lowest BCUT2D eigenvalue weighted by atomic mass is 10.0. The first-order valence-electron chi connectivity index (χ1n) is 10.5. The van der Waals surface area contributed by atoms with Crippen molar-refractivity contribution in [2.75, 3.05) is 24.5 Å². The average Bonchev–Trinajstić information content (AvgIpc) is 3.13. The summed E-state index contributed by atoms with van der Waals surface area (Å²) in [6.07, 6.45) is 10.4. The van der Waals surface area contributed by atoms with E-state index in [9.17, 15) is 9.59 Å². The molecule has 0 saturated carbocycles. The number of pyridine rings is 2. The van der Waals surface area contributed by atoms with E-state index < -0.39 is 0 Å². The molecule has 8 nitrogen and oxygen atoms in total. The van der Waals surface area contributed by atoms with Gasteiger partial charge in [-0.15, -0.1) is 5.10 Å². The van der Waals surface area contributed by atoms with Gasteiger partial charge in [-0.2, -0.15) is 0 Å². The lowest BCUT2D eigenvalue weighted by Crippen LogP contribution is -2.34. The largest absolute Gasteiger partial charge is 0.350 e. The highest BCUT2D eigenvalue weighted by atomic mass is 16.2. The monoisotopic (exact) mass is 404 g/mol. The normalized spacial score (nSPS) is 16.2. The van der Waals surface area contributed by atoms with Gasteiger partial charge in [0, 0.05) is 50.3 Å². The molecule has 154 valence electrons. The van der Waals surface area contributed by atoms with E-state index in [1.807, 2.05) is 36.1 Å². The van der Waals surface area contributed by atoms with Crippen molar-refractivity contribution in [1.29, 1.82) is 0 Å². The molecule has 30 heavy (non-hydrogen) atoms. The summed E-state index contributed by atoms with van der Waals surface area (Å²) in [4.78, 5) is 33.8. The van der Waals surface area contributed by atoms with E-state index >= 15 is 0 Å². The molecule has 1 amide bonds. The fraction of sp³-hybridized carbons (Fsp3) is 0.364. The van der Waals surface area contributed by atoms with Crippen molar-refractivity contribution in [2.45, 2.75) is 32.7 Å². The highest BCUT2D eigenvalue weighted by Gasteiger charge is 2.24. The van der Waals surface area contributed by atoms with Crippen molar-refractivity contribution in [3.8, 4) is 0 Å². The Morgan fingerprint density at radius 1 is 1.20 bits per heavy atom. The molecule has 8 heteroatoms. The highest BCUT2D eigenvalue weighted by Crippen LogP contribution is 2.32. The van der Waals surface area contributed by atoms with Crippen molar-refractivity contribution in [3.05, 3.63) is 64.4 Å². The third-order valence-electron chi connectivity index (χ3n) is 5.80. The smallest absolute Gasteiger partial charge is 0.335 e. The van der Waals surface area contributed by atoms with Crippen LogP contribution in [0.2, 0.25) is 0 Å². The molecule has 0 spiro atoms. The summed E-state index contributed by atoms with van der Waals surface area (Å²) in [6.45, 7) is 4.68. The summed E-state index contributed by atoms with van der Waals surface area (Å²) in [6, 6.07) is 5.83. The minimum Gasteiger partial charge on any atom is -0.335 e. The molecule has 0 aromatic carbocycles. The van der Waals surface area contributed by atoms with Gasteiger partial charge in [0.2, 0.25) is 0 Å². The molecule has 5 heterocycles. The van der Waals surface area contributed by atoms with E-state index in [0.29, 0.717) is 24.3 Å². The molecule has 2 aliphatic heterocycles. The predicted molar refractivity (Wildman–Crippen MR) is 114 cm³/mol. The van der Waals surface area contributed by atoms with Crippen LogP contribution in [0.15, 0.2) is 47.5 Å². The predicted octanol–water partition coefficient (Wildman–Crippen LogP) is 2.40. The summed E-state index contributed by atoms with van der Waals surface area (Å²) in [5.41, 5.74) is 3.17. The minimum atomic E-state index is -0.132. The molecule has 0 atom stereocenters. The number of amides is 1. The van der Waals surface area contributed by atoms with Crippen LogP contribution in [0.3, 0.4) is 0 Å². The van der Waals surface area contributed by atoms with Crippen LogP contribution in [-0.2, 0) is 13.0 Å². The van der Waals surface area contributed by atoms with Crippen LogP contribution in [0.25, 0.3) is 5.65 Å². The second-order valence-corrected chi connectivity index (χ2v) is 7.68. The molecule has 0 unspecified atom stereocenters. The molecule has 0 bridgehead atoms. The minimum absolute atomic E-state index is 0.0395. The average molecular weight is 404 g/mol. The lowest BCUT2D eigenvalue weighted by molar-refractivity contribution is 0.0770. The van der Waals surface area contributed by atoms with Gasteiger partial charge in [-0.05, 0) is 43.9 Å². The first kappa shape index (κ1) is 18.6. The standard InChI is InChI=1S/C22H24N6O2/c1-2-28-22(30)27-12-8-18(14-19(27)24-28)26-11-6-7-16-13-17(15-23-20(16)26)21(29)25-9-4-3-5-10-25/h3-4,8,12-15H,2,5-7,9-11H2,1H3. The molecule has 2 aliphatic rings. The van der Waals surface area contributed by atoms with Gasteiger partial charge in [-0.1, -0.05) is 12.2 Å². The van der Waals surface area contributed by atoms with Gasteiger partial charge in [-0.25, -0.2) is 14.5 Å². The van der Waals surface area contributed by atoms with Crippen molar-refractivity contribution in [3.63, 3.8) is 0 Å². The zero-order valence-electron chi connectivity index (χ0n) is 17.0. The Morgan fingerprint density at radius 3 is 2.90 bits per heavy atom. The third kappa shape index (κ3) is 3.08. The van der Waals surface area contributed by atoms with Crippen molar-refractivity contribution in [2.24, 2.45) is 0 Å². The maximum atomic E-state index is 12.8. The Kier molecular flexibility index (Phi) is 4.61. The number of rotatable bonds is 3. The Morgan fingerprint density at radius 2 is 2.10 bits per heavy atom. The van der Waals surface area contributed by atoms with Crippen molar-refractivity contribution < 1.29 is 4.79 Å². The Hall–Kier alpha value is -3.42. The van der Waals surface area contributed by atoms with Crippen LogP contribution >= 0.6 is 0 Å². The molecule has 0 fully saturated rings. The molecule has 0 N–H and O–H groups in total. The topological polar surface area (TPSA) is 75.7 Å². The zero-order chi connectivity index (χ0) is 20.7. The number of nitrogens with zero attached hydrogens (tertiary/aromatic N) is 6. The molecule has 3 aromatic rings. The Labute approximate surface area is 174 Å². The molecular formula is C22H24N6O2. The van der Waals surface area contributed by atoms with E-state index in [1.165, 1.54) is 4.68 Å².